The molecule has 0 aromatic carbocycles. The van der Waals surface area contributed by atoms with Gasteiger partial charge in [-0.25, -0.2) is 0 Å². The summed E-state index contributed by atoms with van der Waals surface area (Å²) in [4.78, 5) is 12.5. The minimum Gasteiger partial charge on any atom is -0.481 e. The summed E-state index contributed by atoms with van der Waals surface area (Å²) in [5.74, 6) is 4.89. The van der Waals surface area contributed by atoms with Crippen LogP contribution in [-0.4, -0.2) is 11.1 Å². The molecule has 0 amide bonds. The molecule has 0 spiro atoms. The normalized spacial score (nSPS) is 33.6. The highest BCUT2D eigenvalue weighted by atomic mass is 16.4. The molecule has 1 N–H and O–H groups in total. The molecule has 4 aliphatic rings. The van der Waals surface area contributed by atoms with Gasteiger partial charge < -0.3 is 5.11 Å². The van der Waals surface area contributed by atoms with Gasteiger partial charge in [-0.05, 0) is 110 Å². The van der Waals surface area contributed by atoms with Crippen molar-refractivity contribution in [1.82, 2.24) is 0 Å². The number of carboxylic acid groups (broad SMARTS) is 1. The lowest BCUT2D eigenvalue weighted by molar-refractivity contribution is -0.144. The van der Waals surface area contributed by atoms with E-state index in [1.165, 1.54) is 135 Å². The van der Waals surface area contributed by atoms with Crippen LogP contribution in [0.4, 0.5) is 0 Å². The van der Waals surface area contributed by atoms with Gasteiger partial charge in [0.25, 0.3) is 0 Å². The third kappa shape index (κ3) is 9.46. The van der Waals surface area contributed by atoms with Gasteiger partial charge in [0.15, 0.2) is 0 Å². The van der Waals surface area contributed by atoms with Crippen LogP contribution in [0.15, 0.2) is 11.6 Å². The van der Waals surface area contributed by atoms with Crippen molar-refractivity contribution in [3.63, 3.8) is 0 Å². The van der Waals surface area contributed by atoms with Crippen molar-refractivity contribution in [3.05, 3.63) is 11.6 Å². The van der Waals surface area contributed by atoms with Crippen molar-refractivity contribution >= 4 is 5.97 Å². The highest BCUT2D eigenvalue weighted by Gasteiger charge is 2.59. The maximum Gasteiger partial charge on any atom is 0.306 e. The van der Waals surface area contributed by atoms with Gasteiger partial charge in [0.2, 0.25) is 0 Å². The van der Waals surface area contributed by atoms with Gasteiger partial charge in [-0.1, -0.05) is 156 Å². The van der Waals surface area contributed by atoms with E-state index in [4.69, 9.17) is 0 Å². The van der Waals surface area contributed by atoms with Gasteiger partial charge in [-0.3, -0.25) is 4.79 Å². The molecule has 2 nitrogen and oxygen atoms in total. The summed E-state index contributed by atoms with van der Waals surface area (Å²) in [6, 6.07) is 0. The van der Waals surface area contributed by atoms with Gasteiger partial charge in [-0.2, -0.15) is 0 Å². The summed E-state index contributed by atoms with van der Waals surface area (Å²) >= 11 is 0. The summed E-state index contributed by atoms with van der Waals surface area (Å²) in [5.41, 5.74) is 2.53. The van der Waals surface area contributed by atoms with Gasteiger partial charge in [0.1, 0.15) is 0 Å². The average molecular weight is 639 g/mol. The first-order valence-electron chi connectivity index (χ1n) is 21.0. The molecule has 0 radical (unpaired) electrons. The van der Waals surface area contributed by atoms with E-state index >= 15 is 0 Å². The van der Waals surface area contributed by atoms with Gasteiger partial charge in [-0.15, -0.1) is 0 Å². The first-order valence-corrected chi connectivity index (χ1v) is 21.0. The van der Waals surface area contributed by atoms with E-state index in [2.05, 4.69) is 47.6 Å². The van der Waals surface area contributed by atoms with Crippen LogP contribution < -0.4 is 0 Å². The largest absolute Gasteiger partial charge is 0.481 e. The topological polar surface area (TPSA) is 37.3 Å². The molecular formula is C44H78O2. The van der Waals surface area contributed by atoms with Crippen LogP contribution >= 0.6 is 0 Å². The standard InChI is InChI=1S/C44H78O2/c1-7-8-9-10-11-12-13-14-15-16-17-18-19-23-37(42(45)46)35-28-30-43(5)36(32-35)24-25-38-40-27-26-39(34(4)22-20-21-33(2)3)44(40,6)31-29-41(38)43/h24,33-35,37-41H,7-23,25-32H2,1-6H3,(H,45,46)/t34-,35+,37?,38+,39-,40+,41+,43+,44-/m1/s1. The molecule has 0 saturated heterocycles. The van der Waals surface area contributed by atoms with Crippen molar-refractivity contribution in [1.29, 1.82) is 0 Å². The zero-order valence-electron chi connectivity index (χ0n) is 31.7. The first-order chi connectivity index (χ1) is 22.1. The quantitative estimate of drug-likeness (QED) is 0.100. The van der Waals surface area contributed by atoms with Crippen LogP contribution in [0.3, 0.4) is 0 Å². The number of hydrogen-bond donors (Lipinski definition) is 1. The molecule has 0 heterocycles. The van der Waals surface area contributed by atoms with Gasteiger partial charge in [0.05, 0.1) is 5.92 Å². The molecule has 9 atom stereocenters. The predicted molar refractivity (Wildman–Crippen MR) is 198 cm³/mol. The Labute approximate surface area is 287 Å². The van der Waals surface area contributed by atoms with E-state index in [0.29, 0.717) is 16.7 Å². The molecule has 3 saturated carbocycles. The lowest BCUT2D eigenvalue weighted by atomic mass is 9.46. The number of aliphatic carboxylic acids is 1. The van der Waals surface area contributed by atoms with Crippen LogP contribution in [0, 0.1) is 58.2 Å². The lowest BCUT2D eigenvalue weighted by Crippen LogP contribution is -2.51. The van der Waals surface area contributed by atoms with E-state index in [1.807, 2.05) is 0 Å². The van der Waals surface area contributed by atoms with Crippen molar-refractivity contribution in [2.45, 2.75) is 202 Å². The second-order valence-electron chi connectivity index (χ2n) is 18.3. The number of fused-ring (bicyclic) bond motifs is 5. The number of carbonyl (C=O) groups is 1. The van der Waals surface area contributed by atoms with E-state index in [-0.39, 0.29) is 5.92 Å². The number of allylic oxidation sites excluding steroid dienone is 2. The zero-order valence-corrected chi connectivity index (χ0v) is 31.7. The van der Waals surface area contributed by atoms with E-state index in [0.717, 1.165) is 61.2 Å². The minimum absolute atomic E-state index is 0.140. The summed E-state index contributed by atoms with van der Waals surface area (Å²) in [6.45, 7) is 14.9. The first kappa shape index (κ1) is 38.0. The van der Waals surface area contributed by atoms with Crippen LogP contribution in [0.1, 0.15) is 202 Å². The van der Waals surface area contributed by atoms with Crippen LogP contribution in [0.2, 0.25) is 0 Å². The molecule has 0 aromatic heterocycles. The van der Waals surface area contributed by atoms with E-state index in [9.17, 15) is 9.90 Å². The fraction of sp³-hybridized carbons (Fsp3) is 0.932. The third-order valence-electron chi connectivity index (χ3n) is 14.8. The van der Waals surface area contributed by atoms with Crippen molar-refractivity contribution in [2.24, 2.45) is 58.2 Å². The maximum atomic E-state index is 12.5. The smallest absolute Gasteiger partial charge is 0.306 e. The van der Waals surface area contributed by atoms with Crippen LogP contribution in [0.25, 0.3) is 0 Å². The molecular weight excluding hydrogens is 560 g/mol. The molecule has 1 unspecified atom stereocenters. The van der Waals surface area contributed by atoms with E-state index < -0.39 is 5.97 Å². The number of carboxylic acids is 1. The Hall–Kier alpha value is -0.790. The highest BCUT2D eigenvalue weighted by Crippen LogP contribution is 2.67. The second kappa shape index (κ2) is 18.3. The molecule has 2 heteroatoms. The van der Waals surface area contributed by atoms with Gasteiger partial charge >= 0.3 is 5.97 Å². The number of unbranched alkanes of at least 4 members (excludes halogenated alkanes) is 12. The molecule has 266 valence electrons. The molecule has 0 aliphatic heterocycles. The Morgan fingerprint density at radius 1 is 0.761 bits per heavy atom. The monoisotopic (exact) mass is 639 g/mol. The van der Waals surface area contributed by atoms with Crippen molar-refractivity contribution in [2.75, 3.05) is 0 Å². The second-order valence-corrected chi connectivity index (χ2v) is 18.3. The minimum atomic E-state index is -0.519. The molecule has 3 fully saturated rings. The lowest BCUT2D eigenvalue weighted by Gasteiger charge is -2.59. The maximum absolute atomic E-state index is 12.5. The van der Waals surface area contributed by atoms with Crippen molar-refractivity contribution in [3.8, 4) is 0 Å². The third-order valence-corrected chi connectivity index (χ3v) is 14.8. The fourth-order valence-corrected chi connectivity index (χ4v) is 12.0. The number of rotatable bonds is 21. The predicted octanol–water partition coefficient (Wildman–Crippen LogP) is 13.8. The highest BCUT2D eigenvalue weighted by molar-refractivity contribution is 5.70. The fourth-order valence-electron chi connectivity index (χ4n) is 12.0. The number of hydrogen-bond acceptors (Lipinski definition) is 1. The Bertz CT molecular complexity index is 934. The SMILES string of the molecule is CCCCCCCCCCCCCCCC(C(=O)O)[C@H]1CC[C@@]2(C)C(=CC[C@H]3[C@@H]4CC[C@H]([C@H](C)CCCC(C)C)[C@@]4(C)CC[C@@H]32)C1. The Kier molecular flexibility index (Phi) is 15.1. The summed E-state index contributed by atoms with van der Waals surface area (Å²) in [7, 11) is 0. The molecule has 4 aliphatic carbocycles. The molecule has 0 bridgehead atoms. The van der Waals surface area contributed by atoms with Gasteiger partial charge in [0, 0.05) is 0 Å². The Morgan fingerprint density at radius 3 is 2.00 bits per heavy atom. The summed E-state index contributed by atoms with van der Waals surface area (Å²) < 4.78 is 0. The van der Waals surface area contributed by atoms with E-state index in [1.54, 1.807) is 5.57 Å². The molecule has 46 heavy (non-hydrogen) atoms. The Morgan fingerprint density at radius 2 is 1.39 bits per heavy atom. The van der Waals surface area contributed by atoms with Crippen LogP contribution in [0.5, 0.6) is 0 Å². The molecule has 4 rings (SSSR count). The summed E-state index contributed by atoms with van der Waals surface area (Å²) in [6.07, 6.45) is 35.8. The zero-order chi connectivity index (χ0) is 33.2. The molecule has 0 aromatic rings. The Balaban J connectivity index is 1.22. The van der Waals surface area contributed by atoms with Crippen LogP contribution in [-0.2, 0) is 4.79 Å². The van der Waals surface area contributed by atoms with Crippen molar-refractivity contribution < 1.29 is 9.90 Å². The average Bonchev–Trinajstić information content (AvgIpc) is 3.38. The summed E-state index contributed by atoms with van der Waals surface area (Å²) in [5, 5.41) is 10.3.